The van der Waals surface area contributed by atoms with Crippen LogP contribution in [0, 0.1) is 0 Å². The molecule has 7 nitrogen and oxygen atoms in total. The summed E-state index contributed by atoms with van der Waals surface area (Å²) in [5.41, 5.74) is 7.64. The van der Waals surface area contributed by atoms with E-state index in [4.69, 9.17) is 24.7 Å². The maximum Gasteiger partial charge on any atom is 0.187 e. The van der Waals surface area contributed by atoms with E-state index in [1.54, 1.807) is 19.6 Å². The number of hydrogen-bond acceptors (Lipinski definition) is 6. The van der Waals surface area contributed by atoms with E-state index in [0.29, 0.717) is 25.4 Å². The molecule has 1 fully saturated rings. The van der Waals surface area contributed by atoms with Gasteiger partial charge in [-0.3, -0.25) is 0 Å². The van der Waals surface area contributed by atoms with Crippen LogP contribution in [-0.4, -0.2) is 41.8 Å². The van der Waals surface area contributed by atoms with Gasteiger partial charge in [0.25, 0.3) is 0 Å². The van der Waals surface area contributed by atoms with E-state index in [1.165, 1.54) is 5.56 Å². The average molecular weight is 409 g/mol. The molecule has 1 saturated heterocycles. The number of rotatable bonds is 9. The van der Waals surface area contributed by atoms with Crippen molar-refractivity contribution in [3.8, 4) is 11.5 Å². The van der Waals surface area contributed by atoms with Crippen molar-refractivity contribution in [2.45, 2.75) is 31.3 Å². The zero-order valence-electron chi connectivity index (χ0n) is 17.1. The lowest BCUT2D eigenvalue weighted by Crippen LogP contribution is -2.37. The molecule has 2 aromatic carbocycles. The molecule has 7 heteroatoms. The molecule has 3 aromatic rings. The van der Waals surface area contributed by atoms with Crippen molar-refractivity contribution >= 4 is 5.69 Å². The maximum absolute atomic E-state index is 6.39. The number of nitrogens with two attached hydrogens (primary N) is 1. The molecule has 0 saturated carbocycles. The Balaban J connectivity index is 1.39. The molecule has 0 unspecified atom stereocenters. The van der Waals surface area contributed by atoms with Crippen LogP contribution in [0.4, 0.5) is 5.69 Å². The van der Waals surface area contributed by atoms with Crippen LogP contribution < -0.4 is 15.2 Å². The molecular formula is C23H27N3O4. The normalized spacial score (nSPS) is 20.9. The fourth-order valence-electron chi connectivity index (χ4n) is 3.53. The summed E-state index contributed by atoms with van der Waals surface area (Å²) in [5.74, 6) is 0.883. The zero-order chi connectivity index (χ0) is 20.8. The number of imidazole rings is 1. The van der Waals surface area contributed by atoms with Crippen LogP contribution in [-0.2, 0) is 22.4 Å². The Bertz CT molecular complexity index is 913. The van der Waals surface area contributed by atoms with Crippen molar-refractivity contribution in [1.29, 1.82) is 0 Å². The van der Waals surface area contributed by atoms with Crippen molar-refractivity contribution in [3.63, 3.8) is 0 Å². The number of hydrogen-bond donors (Lipinski definition) is 1. The van der Waals surface area contributed by atoms with E-state index in [0.717, 1.165) is 24.3 Å². The summed E-state index contributed by atoms with van der Waals surface area (Å²) >= 11 is 0. The van der Waals surface area contributed by atoms with Crippen molar-refractivity contribution < 1.29 is 18.9 Å². The Morgan fingerprint density at radius 3 is 2.60 bits per heavy atom. The smallest absolute Gasteiger partial charge is 0.187 e. The lowest BCUT2D eigenvalue weighted by atomic mass is 10.0. The summed E-state index contributed by atoms with van der Waals surface area (Å²) < 4.78 is 25.7. The summed E-state index contributed by atoms with van der Waals surface area (Å²) in [4.78, 5) is 4.14. The van der Waals surface area contributed by atoms with Crippen LogP contribution in [0.1, 0.15) is 12.0 Å². The van der Waals surface area contributed by atoms with E-state index in [-0.39, 0.29) is 6.10 Å². The molecule has 0 spiro atoms. The fourth-order valence-corrected chi connectivity index (χ4v) is 3.53. The Labute approximate surface area is 176 Å². The molecule has 1 aromatic heterocycles. The van der Waals surface area contributed by atoms with Crippen LogP contribution in [0.3, 0.4) is 0 Å². The Hall–Kier alpha value is -3.03. The molecule has 30 heavy (non-hydrogen) atoms. The topological polar surface area (TPSA) is 80.8 Å². The van der Waals surface area contributed by atoms with Gasteiger partial charge in [0.15, 0.2) is 5.79 Å². The van der Waals surface area contributed by atoms with Gasteiger partial charge in [0, 0.05) is 24.5 Å². The fraction of sp³-hybridized carbons (Fsp3) is 0.348. The van der Waals surface area contributed by atoms with Gasteiger partial charge in [0.2, 0.25) is 0 Å². The molecule has 4 rings (SSSR count). The van der Waals surface area contributed by atoms with Crippen LogP contribution in [0.2, 0.25) is 0 Å². The first-order chi connectivity index (χ1) is 14.6. The predicted molar refractivity (Wildman–Crippen MR) is 113 cm³/mol. The standard InChI is InChI=1S/C23H27N3O4/c1-27-20-6-2-18(3-7-20)10-11-23(16-26-13-12-25-17-26)29-15-22(30-23)14-28-21-8-4-19(24)5-9-21/h2-9,12-13,17,22H,10-11,14-16,24H2,1H3/t22-,23+/m1/s1. The highest BCUT2D eigenvalue weighted by Gasteiger charge is 2.42. The Morgan fingerprint density at radius 1 is 1.13 bits per heavy atom. The lowest BCUT2D eigenvalue weighted by Gasteiger charge is -2.28. The van der Waals surface area contributed by atoms with Gasteiger partial charge < -0.3 is 29.2 Å². The number of anilines is 1. The molecule has 2 atom stereocenters. The van der Waals surface area contributed by atoms with Gasteiger partial charge in [-0.25, -0.2) is 4.98 Å². The summed E-state index contributed by atoms with van der Waals surface area (Å²) in [7, 11) is 1.67. The first-order valence-corrected chi connectivity index (χ1v) is 10.0. The summed E-state index contributed by atoms with van der Waals surface area (Å²) in [6, 6.07) is 15.4. The zero-order valence-corrected chi connectivity index (χ0v) is 17.1. The lowest BCUT2D eigenvalue weighted by molar-refractivity contribution is -0.184. The van der Waals surface area contributed by atoms with Gasteiger partial charge >= 0.3 is 0 Å². The predicted octanol–water partition coefficient (Wildman–Crippen LogP) is 3.30. The van der Waals surface area contributed by atoms with Crippen molar-refractivity contribution in [3.05, 3.63) is 72.8 Å². The molecule has 0 amide bonds. The van der Waals surface area contributed by atoms with E-state index in [2.05, 4.69) is 17.1 Å². The van der Waals surface area contributed by atoms with E-state index in [9.17, 15) is 0 Å². The largest absolute Gasteiger partial charge is 0.497 e. The van der Waals surface area contributed by atoms with Crippen molar-refractivity contribution in [2.75, 3.05) is 26.1 Å². The highest BCUT2D eigenvalue weighted by molar-refractivity contribution is 5.41. The number of aryl methyl sites for hydroxylation is 1. The summed E-state index contributed by atoms with van der Waals surface area (Å²) in [6.45, 7) is 1.46. The third-order valence-corrected chi connectivity index (χ3v) is 5.17. The number of nitrogen functional groups attached to an aromatic ring is 1. The number of ether oxygens (including phenoxy) is 4. The number of benzene rings is 2. The monoisotopic (exact) mass is 409 g/mol. The van der Waals surface area contributed by atoms with Gasteiger partial charge in [-0.1, -0.05) is 12.1 Å². The molecule has 0 radical (unpaired) electrons. The van der Waals surface area contributed by atoms with Crippen LogP contribution in [0.15, 0.2) is 67.3 Å². The maximum atomic E-state index is 6.39. The van der Waals surface area contributed by atoms with Crippen molar-refractivity contribution in [1.82, 2.24) is 9.55 Å². The second-order valence-corrected chi connectivity index (χ2v) is 7.42. The van der Waals surface area contributed by atoms with Crippen LogP contribution in [0.25, 0.3) is 0 Å². The van der Waals surface area contributed by atoms with E-state index >= 15 is 0 Å². The summed E-state index contributed by atoms with van der Waals surface area (Å²) in [5, 5.41) is 0. The van der Waals surface area contributed by atoms with Crippen LogP contribution >= 0.6 is 0 Å². The number of aromatic nitrogens is 2. The van der Waals surface area contributed by atoms with Gasteiger partial charge in [-0.2, -0.15) is 0 Å². The molecule has 0 aliphatic carbocycles. The molecule has 2 N–H and O–H groups in total. The quantitative estimate of drug-likeness (QED) is 0.546. The highest BCUT2D eigenvalue weighted by atomic mass is 16.8. The van der Waals surface area contributed by atoms with Crippen LogP contribution in [0.5, 0.6) is 11.5 Å². The second kappa shape index (κ2) is 9.19. The molecule has 1 aliphatic heterocycles. The first kappa shape index (κ1) is 20.3. The van der Waals surface area contributed by atoms with Gasteiger partial charge in [0.05, 0.1) is 26.6 Å². The highest BCUT2D eigenvalue weighted by Crippen LogP contribution is 2.31. The Morgan fingerprint density at radius 2 is 1.90 bits per heavy atom. The van der Waals surface area contributed by atoms with Gasteiger partial charge in [-0.15, -0.1) is 0 Å². The third kappa shape index (κ3) is 5.11. The van der Waals surface area contributed by atoms with Crippen molar-refractivity contribution in [2.24, 2.45) is 0 Å². The SMILES string of the molecule is COc1ccc(CC[C@]2(Cn3ccnc3)OC[C@@H](COc3ccc(N)cc3)O2)cc1. The molecule has 1 aliphatic rings. The van der Waals surface area contributed by atoms with Gasteiger partial charge in [-0.05, 0) is 48.4 Å². The second-order valence-electron chi connectivity index (χ2n) is 7.42. The molecular weight excluding hydrogens is 382 g/mol. The van der Waals surface area contributed by atoms with E-state index < -0.39 is 5.79 Å². The Kier molecular flexibility index (Phi) is 6.21. The summed E-state index contributed by atoms with van der Waals surface area (Å²) in [6.07, 6.45) is 6.84. The average Bonchev–Trinajstić information content (AvgIpc) is 3.43. The third-order valence-electron chi connectivity index (χ3n) is 5.17. The first-order valence-electron chi connectivity index (χ1n) is 10.0. The van der Waals surface area contributed by atoms with Gasteiger partial charge in [0.1, 0.15) is 24.2 Å². The minimum absolute atomic E-state index is 0.151. The molecule has 0 bridgehead atoms. The minimum atomic E-state index is -0.726. The number of methoxy groups -OCH3 is 1. The number of nitrogens with zero attached hydrogens (tertiary/aromatic N) is 2. The van der Waals surface area contributed by atoms with E-state index in [1.807, 2.05) is 47.2 Å². The molecule has 158 valence electrons. The molecule has 2 heterocycles. The minimum Gasteiger partial charge on any atom is -0.497 e.